The van der Waals surface area contributed by atoms with Crippen molar-refractivity contribution in [1.29, 1.82) is 0 Å². The summed E-state index contributed by atoms with van der Waals surface area (Å²) in [5, 5.41) is 7.04. The van der Waals surface area contributed by atoms with E-state index in [4.69, 9.17) is 19.4 Å². The minimum atomic E-state index is 0.628. The van der Waals surface area contributed by atoms with Gasteiger partial charge in [0.05, 0.1) is 22.1 Å². The van der Waals surface area contributed by atoms with Gasteiger partial charge in [0.15, 0.2) is 17.5 Å². The molecule has 0 fully saturated rings. The molecule has 0 N–H and O–H groups in total. The Bertz CT molecular complexity index is 3400. The molecule has 12 rings (SSSR count). The number of rotatable bonds is 5. The van der Waals surface area contributed by atoms with Gasteiger partial charge >= 0.3 is 0 Å². The molecule has 8 aromatic carbocycles. The van der Waals surface area contributed by atoms with Gasteiger partial charge in [0.2, 0.25) is 0 Å². The molecule has 4 aromatic heterocycles. The van der Waals surface area contributed by atoms with Crippen LogP contribution in [0.3, 0.4) is 0 Å². The maximum Gasteiger partial charge on any atom is 0.164 e. The van der Waals surface area contributed by atoms with Gasteiger partial charge in [0, 0.05) is 66.4 Å². The van der Waals surface area contributed by atoms with Gasteiger partial charge in [-0.3, -0.25) is 0 Å². The van der Waals surface area contributed by atoms with Crippen LogP contribution in [0.2, 0.25) is 0 Å². The summed E-state index contributed by atoms with van der Waals surface area (Å²) in [5.74, 6) is 1.91. The molecule has 0 unspecified atom stereocenters. The van der Waals surface area contributed by atoms with E-state index in [9.17, 15) is 0 Å². The molecule has 0 radical (unpaired) electrons. The molecule has 0 aliphatic carbocycles. The predicted octanol–water partition coefficient (Wildman–Crippen LogP) is 13.0. The summed E-state index contributed by atoms with van der Waals surface area (Å²) in [6.07, 6.45) is 0. The third kappa shape index (κ3) is 4.87. The Morgan fingerprint density at radius 1 is 0.316 bits per heavy atom. The Balaban J connectivity index is 1.01. The van der Waals surface area contributed by atoms with Crippen molar-refractivity contribution in [3.8, 4) is 45.5 Å². The zero-order valence-electron chi connectivity index (χ0n) is 30.5. The van der Waals surface area contributed by atoms with Crippen LogP contribution in [0.25, 0.3) is 111 Å². The van der Waals surface area contributed by atoms with E-state index in [1.807, 2.05) is 60.7 Å². The van der Waals surface area contributed by atoms with E-state index in [0.717, 1.165) is 61.0 Å². The fourth-order valence-electron chi connectivity index (χ4n) is 8.63. The molecule has 12 aromatic rings. The summed E-state index contributed by atoms with van der Waals surface area (Å²) in [7, 11) is 0. The van der Waals surface area contributed by atoms with Gasteiger partial charge in [0.1, 0.15) is 11.2 Å². The van der Waals surface area contributed by atoms with Gasteiger partial charge in [-0.25, -0.2) is 15.0 Å². The number of hydrogen-bond acceptors (Lipinski definition) is 4. The van der Waals surface area contributed by atoms with Crippen LogP contribution in [0.15, 0.2) is 192 Å². The molecule has 0 amide bonds. The molecular formula is C51H31N5O. The number of hydrogen-bond donors (Lipinski definition) is 0. The highest BCUT2D eigenvalue weighted by Crippen LogP contribution is 2.42. The van der Waals surface area contributed by atoms with Gasteiger partial charge < -0.3 is 13.6 Å². The van der Waals surface area contributed by atoms with E-state index in [1.165, 1.54) is 32.6 Å². The minimum absolute atomic E-state index is 0.628. The minimum Gasteiger partial charge on any atom is -0.456 e. The third-order valence-corrected chi connectivity index (χ3v) is 11.2. The van der Waals surface area contributed by atoms with E-state index in [2.05, 4.69) is 137 Å². The maximum atomic E-state index is 6.69. The molecule has 0 aliphatic heterocycles. The molecule has 0 saturated heterocycles. The lowest BCUT2D eigenvalue weighted by molar-refractivity contribution is 0.669. The van der Waals surface area contributed by atoms with Gasteiger partial charge in [-0.1, -0.05) is 115 Å². The van der Waals surface area contributed by atoms with Crippen LogP contribution in [0.5, 0.6) is 0 Å². The molecule has 4 heterocycles. The zero-order chi connectivity index (χ0) is 37.5. The molecule has 0 atom stereocenters. The lowest BCUT2D eigenvalue weighted by atomic mass is 10.1. The largest absolute Gasteiger partial charge is 0.456 e. The predicted molar refractivity (Wildman–Crippen MR) is 232 cm³/mol. The first-order valence-electron chi connectivity index (χ1n) is 19.1. The van der Waals surface area contributed by atoms with Crippen LogP contribution >= 0.6 is 0 Å². The molecule has 6 heteroatoms. The highest BCUT2D eigenvalue weighted by molar-refractivity contribution is 6.27. The highest BCUT2D eigenvalue weighted by atomic mass is 16.3. The second kappa shape index (κ2) is 12.3. The van der Waals surface area contributed by atoms with Crippen molar-refractivity contribution < 1.29 is 4.42 Å². The summed E-state index contributed by atoms with van der Waals surface area (Å²) in [6, 6.07) is 65.5. The number of nitrogens with zero attached hydrogens (tertiary/aromatic N) is 5. The van der Waals surface area contributed by atoms with Crippen LogP contribution in [0.1, 0.15) is 0 Å². The SMILES string of the molecule is c1ccc(-c2nc(-c3ccccc3)nc(-c3ccc(-n4c5ccccc5c5c6c(ccc54)oc4cc(-n5c7ccccc7c7ccccc75)ccc46)cc3)n2)cc1. The average Bonchev–Trinajstić information content (AvgIpc) is 3.94. The van der Waals surface area contributed by atoms with E-state index < -0.39 is 0 Å². The van der Waals surface area contributed by atoms with Gasteiger partial charge in [0.25, 0.3) is 0 Å². The van der Waals surface area contributed by atoms with Gasteiger partial charge in [-0.2, -0.15) is 0 Å². The lowest BCUT2D eigenvalue weighted by Crippen LogP contribution is -2.00. The molecular weight excluding hydrogens is 699 g/mol. The van der Waals surface area contributed by atoms with Crippen molar-refractivity contribution in [2.75, 3.05) is 0 Å². The van der Waals surface area contributed by atoms with Crippen molar-refractivity contribution in [3.63, 3.8) is 0 Å². The molecule has 266 valence electrons. The normalized spacial score (nSPS) is 11.9. The van der Waals surface area contributed by atoms with Crippen molar-refractivity contribution in [2.45, 2.75) is 0 Å². The summed E-state index contributed by atoms with van der Waals surface area (Å²) >= 11 is 0. The molecule has 57 heavy (non-hydrogen) atoms. The first-order valence-corrected chi connectivity index (χ1v) is 19.1. The number of para-hydroxylation sites is 3. The molecule has 0 saturated carbocycles. The van der Waals surface area contributed by atoms with Crippen LogP contribution in [-0.4, -0.2) is 24.1 Å². The van der Waals surface area contributed by atoms with E-state index in [-0.39, 0.29) is 0 Å². The van der Waals surface area contributed by atoms with Crippen molar-refractivity contribution >= 4 is 65.6 Å². The quantitative estimate of drug-likeness (QED) is 0.177. The summed E-state index contributed by atoms with van der Waals surface area (Å²) in [4.78, 5) is 14.8. The molecule has 0 bridgehead atoms. The summed E-state index contributed by atoms with van der Waals surface area (Å²) < 4.78 is 11.4. The molecule has 6 nitrogen and oxygen atoms in total. The Morgan fingerprint density at radius 3 is 1.39 bits per heavy atom. The monoisotopic (exact) mass is 729 g/mol. The van der Waals surface area contributed by atoms with E-state index in [1.54, 1.807) is 0 Å². The smallest absolute Gasteiger partial charge is 0.164 e. The number of benzene rings is 8. The Kier molecular flexibility index (Phi) is 6.83. The van der Waals surface area contributed by atoms with Crippen molar-refractivity contribution in [3.05, 3.63) is 188 Å². The summed E-state index contributed by atoms with van der Waals surface area (Å²) in [6.45, 7) is 0. The zero-order valence-corrected chi connectivity index (χ0v) is 30.5. The topological polar surface area (TPSA) is 61.7 Å². The standard InChI is InChI=1S/C51H31N5O/c1-3-13-32(14-4-1)49-52-50(33-15-5-2-6-16-33)54-51(53-49)34-23-25-35(26-24-34)55-43-22-12-9-19-39(43)47-44(55)29-30-45-48(47)40-28-27-36(31-46(40)57-45)56-41-20-10-7-17-37(41)38-18-8-11-21-42(38)56/h1-31H. The Morgan fingerprint density at radius 2 is 0.789 bits per heavy atom. The first kappa shape index (κ1) is 31.5. The van der Waals surface area contributed by atoms with Gasteiger partial charge in [-0.05, 0) is 66.7 Å². The Hall–Kier alpha value is -7.83. The van der Waals surface area contributed by atoms with Crippen molar-refractivity contribution in [2.24, 2.45) is 0 Å². The maximum absolute atomic E-state index is 6.69. The second-order valence-corrected chi connectivity index (χ2v) is 14.4. The van der Waals surface area contributed by atoms with Crippen LogP contribution in [0, 0.1) is 0 Å². The fraction of sp³-hybridized carbons (Fsp3) is 0. The van der Waals surface area contributed by atoms with Crippen LogP contribution in [-0.2, 0) is 0 Å². The van der Waals surface area contributed by atoms with Crippen LogP contribution in [0.4, 0.5) is 0 Å². The summed E-state index contributed by atoms with van der Waals surface area (Å²) in [5.41, 5.74) is 11.2. The average molecular weight is 730 g/mol. The van der Waals surface area contributed by atoms with Crippen molar-refractivity contribution in [1.82, 2.24) is 24.1 Å². The number of fused-ring (bicyclic) bond motifs is 10. The fourth-order valence-corrected chi connectivity index (χ4v) is 8.63. The number of aromatic nitrogens is 5. The van der Waals surface area contributed by atoms with Crippen LogP contribution < -0.4 is 0 Å². The number of furan rings is 1. The Labute approximate surface area is 326 Å². The molecule has 0 aliphatic rings. The third-order valence-electron chi connectivity index (χ3n) is 11.2. The van der Waals surface area contributed by atoms with E-state index >= 15 is 0 Å². The highest BCUT2D eigenvalue weighted by Gasteiger charge is 2.20. The first-order chi connectivity index (χ1) is 28.3. The van der Waals surface area contributed by atoms with Gasteiger partial charge in [-0.15, -0.1) is 0 Å². The molecule has 0 spiro atoms. The van der Waals surface area contributed by atoms with E-state index in [0.29, 0.717) is 17.5 Å². The lowest BCUT2D eigenvalue weighted by Gasteiger charge is -2.11. The second-order valence-electron chi connectivity index (χ2n) is 14.4.